The molecular weight excluding hydrogens is 428 g/mol. The molecule has 166 valence electrons. The van der Waals surface area contributed by atoms with Gasteiger partial charge in [-0.15, -0.1) is 0 Å². The molecule has 0 fully saturated rings. The highest BCUT2D eigenvalue weighted by atomic mass is 32.2. The first-order valence-electron chi connectivity index (χ1n) is 9.96. The van der Waals surface area contributed by atoms with Gasteiger partial charge in [-0.3, -0.25) is 9.10 Å². The van der Waals surface area contributed by atoms with Gasteiger partial charge in [-0.05, 0) is 67.9 Å². The van der Waals surface area contributed by atoms with Crippen LogP contribution >= 0.6 is 0 Å². The number of aryl methyl sites for hydroxylation is 1. The summed E-state index contributed by atoms with van der Waals surface area (Å²) in [5.41, 5.74) is 2.30. The van der Waals surface area contributed by atoms with E-state index in [2.05, 4.69) is 5.32 Å². The molecule has 0 unspecified atom stereocenters. The van der Waals surface area contributed by atoms with Gasteiger partial charge in [0.2, 0.25) is 0 Å². The van der Waals surface area contributed by atoms with Crippen LogP contribution in [0.25, 0.3) is 0 Å². The van der Waals surface area contributed by atoms with Crippen LogP contribution in [0.1, 0.15) is 33.2 Å². The summed E-state index contributed by atoms with van der Waals surface area (Å²) in [6.45, 7) is 3.75. The number of nitrogens with one attached hydrogen (secondary N) is 1. The Hall–Kier alpha value is -3.65. The number of esters is 1. The smallest absolute Gasteiger partial charge is 0.337 e. The van der Waals surface area contributed by atoms with Gasteiger partial charge in [-0.1, -0.05) is 24.3 Å². The lowest BCUT2D eigenvalue weighted by Crippen LogP contribution is -2.31. The van der Waals surface area contributed by atoms with E-state index in [0.29, 0.717) is 22.5 Å². The molecule has 0 bridgehead atoms. The molecular formula is C24H24N2O5S. The second kappa shape index (κ2) is 9.65. The average molecular weight is 453 g/mol. The largest absolute Gasteiger partial charge is 0.465 e. The number of methoxy groups -OCH3 is 1. The zero-order valence-corrected chi connectivity index (χ0v) is 18.8. The van der Waals surface area contributed by atoms with Crippen molar-refractivity contribution < 1.29 is 22.7 Å². The second-order valence-corrected chi connectivity index (χ2v) is 8.87. The third-order valence-electron chi connectivity index (χ3n) is 4.91. The van der Waals surface area contributed by atoms with Crippen LogP contribution in [-0.4, -0.2) is 33.9 Å². The van der Waals surface area contributed by atoms with Gasteiger partial charge >= 0.3 is 5.97 Å². The quantitative estimate of drug-likeness (QED) is 0.541. The number of hydrogen-bond donors (Lipinski definition) is 1. The minimum absolute atomic E-state index is 0.0219. The van der Waals surface area contributed by atoms with E-state index in [0.717, 1.165) is 0 Å². The van der Waals surface area contributed by atoms with E-state index >= 15 is 0 Å². The Morgan fingerprint density at radius 1 is 0.938 bits per heavy atom. The molecule has 8 heteroatoms. The monoisotopic (exact) mass is 452 g/mol. The Morgan fingerprint density at radius 3 is 2.28 bits per heavy atom. The van der Waals surface area contributed by atoms with Crippen molar-refractivity contribution in [1.82, 2.24) is 0 Å². The van der Waals surface area contributed by atoms with E-state index in [1.54, 1.807) is 62.4 Å². The van der Waals surface area contributed by atoms with Gasteiger partial charge < -0.3 is 10.1 Å². The van der Waals surface area contributed by atoms with Crippen LogP contribution in [0.4, 0.5) is 11.4 Å². The highest BCUT2D eigenvalue weighted by Crippen LogP contribution is 2.24. The van der Waals surface area contributed by atoms with Crippen molar-refractivity contribution in [1.29, 1.82) is 0 Å². The van der Waals surface area contributed by atoms with E-state index in [-0.39, 0.29) is 17.0 Å². The summed E-state index contributed by atoms with van der Waals surface area (Å²) in [6.07, 6.45) is 0. The molecule has 32 heavy (non-hydrogen) atoms. The Kier molecular flexibility index (Phi) is 6.95. The number of carbonyl (C=O) groups excluding carboxylic acids is 2. The van der Waals surface area contributed by atoms with Crippen LogP contribution in [-0.2, 0) is 14.8 Å². The molecule has 3 rings (SSSR count). The fourth-order valence-corrected chi connectivity index (χ4v) is 4.77. The molecule has 0 aliphatic carbocycles. The van der Waals surface area contributed by atoms with Crippen LogP contribution in [0, 0.1) is 6.92 Å². The molecule has 0 spiro atoms. The number of benzene rings is 3. The minimum Gasteiger partial charge on any atom is -0.465 e. The van der Waals surface area contributed by atoms with Gasteiger partial charge in [0.1, 0.15) is 0 Å². The molecule has 0 saturated heterocycles. The number of nitrogens with zero attached hydrogens (tertiary/aromatic N) is 1. The fraction of sp³-hybridized carbons (Fsp3) is 0.167. The lowest BCUT2D eigenvalue weighted by atomic mass is 10.1. The third kappa shape index (κ3) is 4.81. The first-order chi connectivity index (χ1) is 15.3. The number of para-hydroxylation sites is 1. The first-order valence-corrected chi connectivity index (χ1v) is 11.4. The Balaban J connectivity index is 1.87. The SMILES string of the molecule is CCN(c1ccccc1)S(=O)(=O)c1cccc(C(=O)Nc2ccc(C(=O)OC)cc2C)c1. The first kappa shape index (κ1) is 23.0. The Morgan fingerprint density at radius 2 is 1.66 bits per heavy atom. The molecule has 0 atom stereocenters. The number of ether oxygens (including phenoxy) is 1. The van der Waals surface area contributed by atoms with Gasteiger partial charge in [-0.2, -0.15) is 0 Å². The molecule has 0 aromatic heterocycles. The maximum absolute atomic E-state index is 13.2. The molecule has 1 N–H and O–H groups in total. The predicted octanol–water partition coefficient (Wildman–Crippen LogP) is 4.25. The molecule has 3 aromatic carbocycles. The van der Waals surface area contributed by atoms with E-state index in [9.17, 15) is 18.0 Å². The second-order valence-electron chi connectivity index (χ2n) is 7.01. The summed E-state index contributed by atoms with van der Waals surface area (Å²) in [7, 11) is -2.56. The molecule has 7 nitrogen and oxygen atoms in total. The molecule has 0 heterocycles. The number of hydrogen-bond acceptors (Lipinski definition) is 5. The predicted molar refractivity (Wildman–Crippen MR) is 124 cm³/mol. The van der Waals surface area contributed by atoms with Gasteiger partial charge in [0.05, 0.1) is 23.3 Å². The van der Waals surface area contributed by atoms with Gasteiger partial charge in [0.25, 0.3) is 15.9 Å². The summed E-state index contributed by atoms with van der Waals surface area (Å²) >= 11 is 0. The van der Waals surface area contributed by atoms with E-state index < -0.39 is 21.9 Å². The Labute approximate surface area is 187 Å². The number of rotatable bonds is 7. The normalized spacial score (nSPS) is 11.0. The summed E-state index contributed by atoms with van der Waals surface area (Å²) in [5, 5.41) is 2.76. The highest BCUT2D eigenvalue weighted by Gasteiger charge is 2.24. The summed E-state index contributed by atoms with van der Waals surface area (Å²) in [6, 6.07) is 19.5. The standard InChI is InChI=1S/C24H24N2O5S/c1-4-26(20-10-6-5-7-11-20)32(29,30)21-12-8-9-18(16-21)23(27)25-22-14-13-19(15-17(22)2)24(28)31-3/h5-16H,4H2,1-3H3,(H,25,27). The minimum atomic E-state index is -3.86. The van der Waals surface area contributed by atoms with Gasteiger partial charge in [0, 0.05) is 17.8 Å². The van der Waals surface area contributed by atoms with Crippen molar-refractivity contribution in [3.63, 3.8) is 0 Å². The third-order valence-corrected chi connectivity index (χ3v) is 6.81. The number of amides is 1. The fourth-order valence-electron chi connectivity index (χ4n) is 3.25. The van der Waals surface area contributed by atoms with Crippen molar-refractivity contribution in [2.45, 2.75) is 18.7 Å². The number of carbonyl (C=O) groups is 2. The van der Waals surface area contributed by atoms with E-state index in [1.807, 2.05) is 6.07 Å². The zero-order chi connectivity index (χ0) is 23.3. The van der Waals surface area contributed by atoms with E-state index in [4.69, 9.17) is 4.74 Å². The van der Waals surface area contributed by atoms with Crippen molar-refractivity contribution in [3.8, 4) is 0 Å². The molecule has 1 amide bonds. The van der Waals surface area contributed by atoms with E-state index in [1.165, 1.54) is 29.6 Å². The molecule has 0 radical (unpaired) electrons. The maximum Gasteiger partial charge on any atom is 0.337 e. The molecule has 0 saturated carbocycles. The number of anilines is 2. The van der Waals surface area contributed by atoms with Crippen molar-refractivity contribution in [3.05, 3.63) is 89.5 Å². The lowest BCUT2D eigenvalue weighted by molar-refractivity contribution is 0.0600. The topological polar surface area (TPSA) is 92.8 Å². The lowest BCUT2D eigenvalue weighted by Gasteiger charge is -2.23. The average Bonchev–Trinajstić information content (AvgIpc) is 2.81. The van der Waals surface area contributed by atoms with Crippen LogP contribution in [0.15, 0.2) is 77.7 Å². The highest BCUT2D eigenvalue weighted by molar-refractivity contribution is 7.92. The molecule has 0 aliphatic rings. The molecule has 0 aliphatic heterocycles. The summed E-state index contributed by atoms with van der Waals surface area (Å²) in [4.78, 5) is 24.5. The zero-order valence-electron chi connectivity index (χ0n) is 18.0. The van der Waals surface area contributed by atoms with Crippen LogP contribution in [0.2, 0.25) is 0 Å². The maximum atomic E-state index is 13.2. The van der Waals surface area contributed by atoms with Crippen molar-refractivity contribution in [2.75, 3.05) is 23.3 Å². The van der Waals surface area contributed by atoms with Crippen LogP contribution < -0.4 is 9.62 Å². The molecule has 3 aromatic rings. The summed E-state index contributed by atoms with van der Waals surface area (Å²) < 4.78 is 32.5. The van der Waals surface area contributed by atoms with Crippen molar-refractivity contribution >= 4 is 33.3 Å². The summed E-state index contributed by atoms with van der Waals surface area (Å²) in [5.74, 6) is -0.929. The Bertz CT molecular complexity index is 1240. The van der Waals surface area contributed by atoms with Crippen LogP contribution in [0.3, 0.4) is 0 Å². The van der Waals surface area contributed by atoms with Crippen LogP contribution in [0.5, 0.6) is 0 Å². The van der Waals surface area contributed by atoms with Gasteiger partial charge in [0.15, 0.2) is 0 Å². The van der Waals surface area contributed by atoms with Crippen molar-refractivity contribution in [2.24, 2.45) is 0 Å². The number of sulfonamides is 1. The van der Waals surface area contributed by atoms with Gasteiger partial charge in [-0.25, -0.2) is 13.2 Å².